The van der Waals surface area contributed by atoms with E-state index in [9.17, 15) is 9.90 Å². The smallest absolute Gasteiger partial charge is 0.220 e. The molecule has 1 aromatic rings. The van der Waals surface area contributed by atoms with Crippen molar-refractivity contribution < 1.29 is 9.90 Å². The number of benzene rings is 1. The van der Waals surface area contributed by atoms with E-state index < -0.39 is 12.0 Å². The molecule has 0 aromatic heterocycles. The van der Waals surface area contributed by atoms with E-state index in [4.69, 9.17) is 5.73 Å². The molecule has 1 amide bonds. The summed E-state index contributed by atoms with van der Waals surface area (Å²) in [6.45, 7) is 2.77. The molecule has 0 fully saturated rings. The zero-order valence-corrected chi connectivity index (χ0v) is 11.0. The van der Waals surface area contributed by atoms with E-state index in [0.717, 1.165) is 18.7 Å². The molecule has 0 saturated carbocycles. The zero-order valence-electron chi connectivity index (χ0n) is 11.0. The molecule has 0 spiro atoms. The monoisotopic (exact) mass is 250 g/mol. The number of para-hydroxylation sites is 1. The molecule has 100 valence electrons. The molecule has 0 bridgehead atoms. The van der Waals surface area contributed by atoms with E-state index in [-0.39, 0.29) is 12.3 Å². The van der Waals surface area contributed by atoms with Crippen molar-refractivity contribution in [1.29, 1.82) is 0 Å². The lowest BCUT2D eigenvalue weighted by Gasteiger charge is -2.23. The maximum Gasteiger partial charge on any atom is 0.220 e. The van der Waals surface area contributed by atoms with Crippen LogP contribution in [0.3, 0.4) is 0 Å². The Morgan fingerprint density at radius 1 is 1.39 bits per heavy atom. The van der Waals surface area contributed by atoms with Gasteiger partial charge < -0.3 is 15.7 Å². The van der Waals surface area contributed by atoms with Gasteiger partial charge in [-0.25, -0.2) is 0 Å². The first-order valence-electron chi connectivity index (χ1n) is 6.23. The van der Waals surface area contributed by atoms with Gasteiger partial charge in [-0.15, -0.1) is 0 Å². The molecule has 0 aliphatic rings. The number of aliphatic hydroxyl groups excluding tert-OH is 1. The number of primary amides is 1. The van der Waals surface area contributed by atoms with Gasteiger partial charge in [-0.05, 0) is 24.5 Å². The second-order valence-electron chi connectivity index (χ2n) is 4.76. The van der Waals surface area contributed by atoms with Crippen molar-refractivity contribution in [3.63, 3.8) is 0 Å². The third kappa shape index (κ3) is 4.75. The average molecular weight is 250 g/mol. The Bertz CT molecular complexity index is 367. The summed E-state index contributed by atoms with van der Waals surface area (Å²) in [5.74, 6) is -0.394. The summed E-state index contributed by atoms with van der Waals surface area (Å²) in [6.07, 6.45) is 0.211. The van der Waals surface area contributed by atoms with E-state index in [2.05, 4.69) is 4.90 Å². The Labute approximate surface area is 108 Å². The van der Waals surface area contributed by atoms with Crippen LogP contribution in [0.15, 0.2) is 30.3 Å². The number of carbonyl (C=O) groups excluding carboxylic acids is 1. The second kappa shape index (κ2) is 7.01. The van der Waals surface area contributed by atoms with Crippen LogP contribution < -0.4 is 10.6 Å². The predicted molar refractivity (Wildman–Crippen MR) is 73.3 cm³/mol. The molecule has 4 nitrogen and oxygen atoms in total. The minimum atomic E-state index is -0.647. The van der Waals surface area contributed by atoms with E-state index in [1.54, 1.807) is 0 Å². The van der Waals surface area contributed by atoms with Gasteiger partial charge in [-0.1, -0.05) is 25.1 Å². The number of anilines is 1. The molecule has 1 aromatic carbocycles. The molecule has 4 heteroatoms. The molecular weight excluding hydrogens is 228 g/mol. The topological polar surface area (TPSA) is 66.6 Å². The lowest BCUT2D eigenvalue weighted by atomic mass is 9.98. The fourth-order valence-electron chi connectivity index (χ4n) is 1.81. The van der Waals surface area contributed by atoms with Gasteiger partial charge in [0.1, 0.15) is 0 Å². The number of hydrogen-bond acceptors (Lipinski definition) is 3. The fourth-order valence-corrected chi connectivity index (χ4v) is 1.81. The van der Waals surface area contributed by atoms with Crippen molar-refractivity contribution in [2.75, 3.05) is 18.5 Å². The van der Waals surface area contributed by atoms with Gasteiger partial charge in [-0.3, -0.25) is 4.79 Å². The van der Waals surface area contributed by atoms with Crippen LogP contribution in [0.25, 0.3) is 0 Å². The van der Waals surface area contributed by atoms with Crippen LogP contribution in [0.4, 0.5) is 5.69 Å². The van der Waals surface area contributed by atoms with Crippen molar-refractivity contribution in [2.24, 2.45) is 11.7 Å². The van der Waals surface area contributed by atoms with Crippen molar-refractivity contribution in [3.05, 3.63) is 30.3 Å². The van der Waals surface area contributed by atoms with E-state index >= 15 is 0 Å². The van der Waals surface area contributed by atoms with E-state index in [1.165, 1.54) is 0 Å². The number of nitrogens with two attached hydrogens (primary N) is 1. The fraction of sp³-hybridized carbons (Fsp3) is 0.500. The van der Waals surface area contributed by atoms with Gasteiger partial charge in [0.25, 0.3) is 0 Å². The Morgan fingerprint density at radius 2 is 2.00 bits per heavy atom. The molecule has 0 heterocycles. The minimum Gasteiger partial charge on any atom is -0.392 e. The molecule has 0 saturated heterocycles. The number of hydrogen-bond donors (Lipinski definition) is 2. The quantitative estimate of drug-likeness (QED) is 0.768. The van der Waals surface area contributed by atoms with Gasteiger partial charge in [0.05, 0.1) is 12.5 Å². The molecule has 1 rings (SSSR count). The maximum atomic E-state index is 10.7. The van der Waals surface area contributed by atoms with Gasteiger partial charge in [0, 0.05) is 19.3 Å². The van der Waals surface area contributed by atoms with Crippen LogP contribution in [0.1, 0.15) is 19.8 Å². The third-order valence-corrected chi connectivity index (χ3v) is 3.18. The summed E-state index contributed by atoms with van der Waals surface area (Å²) in [5.41, 5.74) is 6.22. The van der Waals surface area contributed by atoms with Gasteiger partial charge in [-0.2, -0.15) is 0 Å². The number of aliphatic hydroxyl groups is 1. The Morgan fingerprint density at radius 3 is 2.56 bits per heavy atom. The second-order valence-corrected chi connectivity index (χ2v) is 4.76. The van der Waals surface area contributed by atoms with Crippen LogP contribution in [0.5, 0.6) is 0 Å². The van der Waals surface area contributed by atoms with Crippen LogP contribution >= 0.6 is 0 Å². The Kier molecular flexibility index (Phi) is 5.65. The standard InChI is InChI=1S/C14H22N2O2/c1-11(13(17)10-14(15)18)8-9-16(2)12-6-4-3-5-7-12/h3-7,11,13,17H,8-10H2,1-2H3,(H2,15,18)/t11-,13+/m1/s1. The molecular formula is C14H22N2O2. The number of carbonyl (C=O) groups is 1. The molecule has 18 heavy (non-hydrogen) atoms. The first kappa shape index (κ1) is 14.5. The van der Waals surface area contributed by atoms with E-state index in [1.807, 2.05) is 44.3 Å². The van der Waals surface area contributed by atoms with Crippen LogP contribution in [0, 0.1) is 5.92 Å². The lowest BCUT2D eigenvalue weighted by Crippen LogP contribution is -2.28. The summed E-state index contributed by atoms with van der Waals surface area (Å²) >= 11 is 0. The molecule has 3 N–H and O–H groups in total. The van der Waals surface area contributed by atoms with Gasteiger partial charge in [0.2, 0.25) is 5.91 Å². The third-order valence-electron chi connectivity index (χ3n) is 3.18. The van der Waals surface area contributed by atoms with Gasteiger partial charge in [0.15, 0.2) is 0 Å². The number of nitrogens with zero attached hydrogens (tertiary/aromatic N) is 1. The number of amides is 1. The molecule has 0 aliphatic heterocycles. The van der Waals surface area contributed by atoms with Crippen molar-refractivity contribution in [2.45, 2.75) is 25.9 Å². The maximum absolute atomic E-state index is 10.7. The highest BCUT2D eigenvalue weighted by molar-refractivity contribution is 5.74. The summed E-state index contributed by atoms with van der Waals surface area (Å²) < 4.78 is 0. The Balaban J connectivity index is 2.38. The highest BCUT2D eigenvalue weighted by Gasteiger charge is 2.16. The van der Waals surface area contributed by atoms with Crippen molar-refractivity contribution in [3.8, 4) is 0 Å². The predicted octanol–water partition coefficient (Wildman–Crippen LogP) is 1.39. The Hall–Kier alpha value is -1.55. The zero-order chi connectivity index (χ0) is 13.5. The first-order valence-corrected chi connectivity index (χ1v) is 6.23. The van der Waals surface area contributed by atoms with E-state index in [0.29, 0.717) is 0 Å². The van der Waals surface area contributed by atoms with Crippen LogP contribution in [0.2, 0.25) is 0 Å². The molecule has 2 atom stereocenters. The SMILES string of the molecule is C[C@H](CCN(C)c1ccccc1)[C@@H](O)CC(N)=O. The normalized spacial score (nSPS) is 13.9. The summed E-state index contributed by atoms with van der Waals surface area (Å²) in [6, 6.07) is 10.1. The molecule has 0 unspecified atom stereocenters. The summed E-state index contributed by atoms with van der Waals surface area (Å²) in [4.78, 5) is 12.9. The summed E-state index contributed by atoms with van der Waals surface area (Å²) in [7, 11) is 2.02. The average Bonchev–Trinajstić information content (AvgIpc) is 2.35. The minimum absolute atomic E-state index is 0.0379. The van der Waals surface area contributed by atoms with Crippen LogP contribution in [-0.4, -0.2) is 30.7 Å². The van der Waals surface area contributed by atoms with Crippen LogP contribution in [-0.2, 0) is 4.79 Å². The lowest BCUT2D eigenvalue weighted by molar-refractivity contribution is -0.120. The highest BCUT2D eigenvalue weighted by atomic mass is 16.3. The largest absolute Gasteiger partial charge is 0.392 e. The summed E-state index contributed by atoms with van der Waals surface area (Å²) in [5, 5.41) is 9.75. The van der Waals surface area contributed by atoms with Crippen molar-refractivity contribution >= 4 is 11.6 Å². The molecule has 0 radical (unpaired) electrons. The van der Waals surface area contributed by atoms with Crippen molar-refractivity contribution in [1.82, 2.24) is 0 Å². The molecule has 0 aliphatic carbocycles. The number of rotatable bonds is 7. The highest BCUT2D eigenvalue weighted by Crippen LogP contribution is 2.16. The van der Waals surface area contributed by atoms with Gasteiger partial charge >= 0.3 is 0 Å². The first-order chi connectivity index (χ1) is 8.50.